The van der Waals surface area contributed by atoms with Crippen molar-refractivity contribution in [2.45, 2.75) is 25.2 Å². The van der Waals surface area contributed by atoms with Crippen LogP contribution >= 0.6 is 0 Å². The number of ether oxygens (including phenoxy) is 1. The molecule has 110 valence electrons. The molecule has 1 aromatic rings. The molecule has 0 saturated heterocycles. The van der Waals surface area contributed by atoms with Gasteiger partial charge in [-0.2, -0.15) is 0 Å². The summed E-state index contributed by atoms with van der Waals surface area (Å²) in [6, 6.07) is 5.03. The first-order valence-electron chi connectivity index (χ1n) is 6.23. The van der Waals surface area contributed by atoms with E-state index in [-0.39, 0.29) is 17.7 Å². The van der Waals surface area contributed by atoms with Crippen molar-refractivity contribution in [1.29, 1.82) is 0 Å². The first-order valence-corrected chi connectivity index (χ1v) is 6.23. The summed E-state index contributed by atoms with van der Waals surface area (Å²) in [5.41, 5.74) is 5.93. The average molecular weight is 288 g/mol. The van der Waals surface area contributed by atoms with Crippen LogP contribution in [0.3, 0.4) is 0 Å². The Morgan fingerprint density at radius 1 is 1.30 bits per heavy atom. The van der Waals surface area contributed by atoms with E-state index >= 15 is 0 Å². The maximum absolute atomic E-state index is 12.0. The first-order chi connectivity index (χ1) is 9.33. The molecule has 20 heavy (non-hydrogen) atoms. The molecule has 0 unspecified atom stereocenters. The van der Waals surface area contributed by atoms with Crippen LogP contribution in [-0.2, 0) is 0 Å². The molecule has 0 aromatic heterocycles. The number of hydrogen-bond acceptors (Lipinski definition) is 3. The molecule has 0 aliphatic heterocycles. The lowest BCUT2D eigenvalue weighted by Crippen LogP contribution is -2.42. The fourth-order valence-electron chi connectivity index (χ4n) is 2.10. The number of amides is 1. The van der Waals surface area contributed by atoms with Gasteiger partial charge in [-0.1, -0.05) is 0 Å². The van der Waals surface area contributed by atoms with Crippen LogP contribution in [0.1, 0.15) is 23.2 Å². The van der Waals surface area contributed by atoms with Gasteiger partial charge in [-0.05, 0) is 43.0 Å². The minimum Gasteiger partial charge on any atom is -0.406 e. The molecule has 0 heterocycles. The highest BCUT2D eigenvalue weighted by Crippen LogP contribution is 2.25. The number of nitrogens with two attached hydrogens (primary N) is 1. The number of rotatable bonds is 4. The highest BCUT2D eigenvalue weighted by Gasteiger charge is 2.31. The van der Waals surface area contributed by atoms with Crippen molar-refractivity contribution < 1.29 is 22.7 Å². The Morgan fingerprint density at radius 2 is 1.90 bits per heavy atom. The lowest BCUT2D eigenvalue weighted by Gasteiger charge is -2.32. The molecule has 1 aliphatic carbocycles. The fraction of sp³-hybridized carbons (Fsp3) is 0.462. The van der Waals surface area contributed by atoms with E-state index in [1.54, 1.807) is 0 Å². The van der Waals surface area contributed by atoms with Gasteiger partial charge in [0.2, 0.25) is 0 Å². The third kappa shape index (κ3) is 4.12. The Kier molecular flexibility index (Phi) is 4.17. The molecule has 0 spiro atoms. The first kappa shape index (κ1) is 14.6. The van der Waals surface area contributed by atoms with Gasteiger partial charge < -0.3 is 15.8 Å². The topological polar surface area (TPSA) is 64.3 Å². The number of nitrogens with one attached hydrogen (secondary N) is 1. The average Bonchev–Trinajstić information content (AvgIpc) is 2.32. The van der Waals surface area contributed by atoms with Gasteiger partial charge in [0.15, 0.2) is 0 Å². The maximum atomic E-state index is 12.0. The zero-order valence-corrected chi connectivity index (χ0v) is 10.6. The van der Waals surface area contributed by atoms with Crippen LogP contribution in [0, 0.1) is 5.92 Å². The van der Waals surface area contributed by atoms with Gasteiger partial charge in [-0.25, -0.2) is 0 Å². The third-order valence-electron chi connectivity index (χ3n) is 3.17. The zero-order valence-electron chi connectivity index (χ0n) is 10.6. The van der Waals surface area contributed by atoms with Crippen LogP contribution in [0.4, 0.5) is 13.2 Å². The Bertz CT molecular complexity index is 467. The van der Waals surface area contributed by atoms with E-state index in [4.69, 9.17) is 5.73 Å². The summed E-state index contributed by atoms with van der Waals surface area (Å²) in [7, 11) is 0. The summed E-state index contributed by atoms with van der Waals surface area (Å²) in [6.45, 7) is 0.535. The Morgan fingerprint density at radius 3 is 2.40 bits per heavy atom. The molecular weight excluding hydrogens is 273 g/mol. The van der Waals surface area contributed by atoms with Crippen LogP contribution in [0.15, 0.2) is 24.3 Å². The number of hydrogen-bond donors (Lipinski definition) is 2. The van der Waals surface area contributed by atoms with Crippen LogP contribution in [0.2, 0.25) is 0 Å². The van der Waals surface area contributed by atoms with Crippen LogP contribution in [-0.4, -0.2) is 24.9 Å². The predicted molar refractivity (Wildman–Crippen MR) is 66.2 cm³/mol. The van der Waals surface area contributed by atoms with Gasteiger partial charge in [0.25, 0.3) is 5.91 Å². The minimum absolute atomic E-state index is 0.218. The van der Waals surface area contributed by atoms with E-state index in [1.807, 2.05) is 0 Å². The number of alkyl halides is 3. The molecule has 3 N–H and O–H groups in total. The summed E-state index contributed by atoms with van der Waals surface area (Å²) >= 11 is 0. The van der Waals surface area contributed by atoms with Gasteiger partial charge in [-0.3, -0.25) is 4.79 Å². The monoisotopic (exact) mass is 288 g/mol. The number of carbonyl (C=O) groups is 1. The fourth-order valence-corrected chi connectivity index (χ4v) is 2.10. The second-order valence-electron chi connectivity index (χ2n) is 4.88. The Balaban J connectivity index is 1.84. The summed E-state index contributed by atoms with van der Waals surface area (Å²) in [4.78, 5) is 11.8. The molecule has 1 fully saturated rings. The molecule has 1 aromatic carbocycles. The normalized spacial score (nSPS) is 22.0. The number of carbonyl (C=O) groups excluding carboxylic acids is 1. The van der Waals surface area contributed by atoms with Crippen LogP contribution in [0.5, 0.6) is 5.75 Å². The molecule has 1 amide bonds. The highest BCUT2D eigenvalue weighted by molar-refractivity contribution is 5.94. The second-order valence-corrected chi connectivity index (χ2v) is 4.88. The van der Waals surface area contributed by atoms with Crippen molar-refractivity contribution >= 4 is 5.91 Å². The SMILES string of the molecule is NC1CC(CNC(=O)c2ccc(OC(F)(F)F)cc2)C1. The molecule has 4 nitrogen and oxygen atoms in total. The van der Waals surface area contributed by atoms with Gasteiger partial charge in [0.05, 0.1) is 0 Å². The molecule has 1 aliphatic rings. The smallest absolute Gasteiger partial charge is 0.406 e. The summed E-state index contributed by atoms with van der Waals surface area (Å²) in [6.07, 6.45) is -2.95. The van der Waals surface area contributed by atoms with Gasteiger partial charge in [-0.15, -0.1) is 13.2 Å². The summed E-state index contributed by atoms with van der Waals surface area (Å²) in [5, 5.41) is 2.73. The molecular formula is C13H15F3N2O2. The van der Waals surface area contributed by atoms with Crippen molar-refractivity contribution in [3.63, 3.8) is 0 Å². The largest absolute Gasteiger partial charge is 0.573 e. The Hall–Kier alpha value is -1.76. The summed E-state index contributed by atoms with van der Waals surface area (Å²) < 4.78 is 39.7. The molecule has 0 bridgehead atoms. The molecule has 0 radical (unpaired) electrons. The molecule has 2 rings (SSSR count). The lowest BCUT2D eigenvalue weighted by atomic mass is 9.81. The highest BCUT2D eigenvalue weighted by atomic mass is 19.4. The van der Waals surface area contributed by atoms with Crippen molar-refractivity contribution in [2.24, 2.45) is 11.7 Å². The molecule has 0 atom stereocenters. The van der Waals surface area contributed by atoms with Crippen molar-refractivity contribution in [3.05, 3.63) is 29.8 Å². The quantitative estimate of drug-likeness (QED) is 0.891. The van der Waals surface area contributed by atoms with Crippen molar-refractivity contribution in [3.8, 4) is 5.75 Å². The second kappa shape index (κ2) is 5.70. The van der Waals surface area contributed by atoms with E-state index in [9.17, 15) is 18.0 Å². The van der Waals surface area contributed by atoms with Crippen molar-refractivity contribution in [1.82, 2.24) is 5.32 Å². The number of benzene rings is 1. The molecule has 1 saturated carbocycles. The van der Waals surface area contributed by atoms with E-state index < -0.39 is 6.36 Å². The molecule has 7 heteroatoms. The van der Waals surface area contributed by atoms with E-state index in [0.29, 0.717) is 18.0 Å². The van der Waals surface area contributed by atoms with E-state index in [2.05, 4.69) is 10.1 Å². The van der Waals surface area contributed by atoms with Crippen molar-refractivity contribution in [2.75, 3.05) is 6.54 Å². The van der Waals surface area contributed by atoms with Crippen LogP contribution < -0.4 is 15.8 Å². The van der Waals surface area contributed by atoms with Crippen LogP contribution in [0.25, 0.3) is 0 Å². The van der Waals surface area contributed by atoms with Gasteiger partial charge in [0.1, 0.15) is 5.75 Å². The van der Waals surface area contributed by atoms with Gasteiger partial charge >= 0.3 is 6.36 Å². The van der Waals surface area contributed by atoms with Gasteiger partial charge in [0, 0.05) is 18.2 Å². The zero-order chi connectivity index (χ0) is 14.8. The van der Waals surface area contributed by atoms with E-state index in [0.717, 1.165) is 25.0 Å². The standard InChI is InChI=1S/C13H15F3N2O2/c14-13(15,16)20-11-3-1-9(2-4-11)12(19)18-7-8-5-10(17)6-8/h1-4,8,10H,5-7,17H2,(H,18,19). The lowest BCUT2D eigenvalue weighted by molar-refractivity contribution is -0.274. The minimum atomic E-state index is -4.73. The van der Waals surface area contributed by atoms with E-state index in [1.165, 1.54) is 12.1 Å². The maximum Gasteiger partial charge on any atom is 0.573 e. The third-order valence-corrected chi connectivity index (χ3v) is 3.17. The summed E-state index contributed by atoms with van der Waals surface area (Å²) in [5.74, 6) is -0.273. The Labute approximate surface area is 114 Å². The number of halogens is 3. The predicted octanol–water partition coefficient (Wildman–Crippen LogP) is 2.05.